The number of sulfonamides is 1. The average molecular weight is 667 g/mol. The lowest BCUT2D eigenvalue weighted by molar-refractivity contribution is -0.140. The van der Waals surface area contributed by atoms with Crippen molar-refractivity contribution in [2.45, 2.75) is 62.6 Å². The first kappa shape index (κ1) is 32.9. The number of hydrogen-bond acceptors (Lipinski definition) is 5. The molecule has 0 aliphatic heterocycles. The van der Waals surface area contributed by atoms with E-state index in [1.165, 1.54) is 42.3 Å². The van der Waals surface area contributed by atoms with Crippen molar-refractivity contribution >= 4 is 62.3 Å². The van der Waals surface area contributed by atoms with Gasteiger partial charge in [0.1, 0.15) is 18.3 Å². The molecular formula is C31H34Cl3N3O5S. The normalized spacial score (nSPS) is 14.3. The van der Waals surface area contributed by atoms with Crippen molar-refractivity contribution < 1.29 is 22.7 Å². The molecule has 12 heteroatoms. The van der Waals surface area contributed by atoms with Gasteiger partial charge in [0.25, 0.3) is 10.0 Å². The smallest absolute Gasteiger partial charge is 0.264 e. The van der Waals surface area contributed by atoms with Crippen LogP contribution >= 0.6 is 34.8 Å². The first-order chi connectivity index (χ1) is 20.5. The van der Waals surface area contributed by atoms with Gasteiger partial charge in [-0.05, 0) is 79.4 Å². The number of methoxy groups -OCH3 is 1. The molecule has 1 aliphatic carbocycles. The van der Waals surface area contributed by atoms with Gasteiger partial charge < -0.3 is 15.0 Å². The molecule has 1 N–H and O–H groups in total. The zero-order valence-electron chi connectivity index (χ0n) is 23.9. The zero-order valence-corrected chi connectivity index (χ0v) is 27.0. The van der Waals surface area contributed by atoms with Crippen LogP contribution in [-0.2, 0) is 26.2 Å². The Hall–Kier alpha value is -2.98. The van der Waals surface area contributed by atoms with Crippen molar-refractivity contribution in [3.63, 3.8) is 0 Å². The molecule has 3 aromatic rings. The third-order valence-corrected chi connectivity index (χ3v) is 10.2. The Morgan fingerprint density at radius 3 is 2.28 bits per heavy atom. The van der Waals surface area contributed by atoms with E-state index >= 15 is 0 Å². The van der Waals surface area contributed by atoms with E-state index in [2.05, 4.69) is 5.32 Å². The molecule has 2 amide bonds. The fourth-order valence-electron chi connectivity index (χ4n) is 5.16. The lowest BCUT2D eigenvalue weighted by Gasteiger charge is -2.34. The molecule has 43 heavy (non-hydrogen) atoms. The van der Waals surface area contributed by atoms with Gasteiger partial charge in [0.15, 0.2) is 0 Å². The molecule has 230 valence electrons. The second-order valence-corrected chi connectivity index (χ2v) is 13.5. The fraction of sp³-hybridized carbons (Fsp3) is 0.355. The number of carbonyl (C=O) groups excluding carboxylic acids is 2. The maximum atomic E-state index is 14.2. The van der Waals surface area contributed by atoms with E-state index in [9.17, 15) is 18.0 Å². The second-order valence-electron chi connectivity index (χ2n) is 10.4. The van der Waals surface area contributed by atoms with Gasteiger partial charge in [-0.25, -0.2) is 8.42 Å². The number of hydrogen-bond donors (Lipinski definition) is 1. The highest BCUT2D eigenvalue weighted by Gasteiger charge is 2.34. The van der Waals surface area contributed by atoms with Crippen LogP contribution in [0.25, 0.3) is 0 Å². The molecule has 1 fully saturated rings. The van der Waals surface area contributed by atoms with Crippen LogP contribution in [0, 0.1) is 0 Å². The highest BCUT2D eigenvalue weighted by atomic mass is 35.5. The number of halogens is 3. The number of carbonyl (C=O) groups is 2. The van der Waals surface area contributed by atoms with Crippen LogP contribution in [0.15, 0.2) is 71.6 Å². The lowest BCUT2D eigenvalue weighted by atomic mass is 10.1. The van der Waals surface area contributed by atoms with E-state index < -0.39 is 28.5 Å². The Labute approximate surface area is 267 Å². The minimum Gasteiger partial charge on any atom is -0.497 e. The Bertz CT molecular complexity index is 1550. The number of benzene rings is 3. The SMILES string of the molecule is CC[C@H](C(=O)NC1CCCC1)N(Cc1ccc(Cl)c(Cl)c1)C(=O)CN(c1cccc(Cl)c1)S(=O)(=O)c1ccc(OC)cc1. The topological polar surface area (TPSA) is 96.0 Å². The van der Waals surface area contributed by atoms with Gasteiger partial charge in [-0.15, -0.1) is 0 Å². The Balaban J connectivity index is 1.73. The van der Waals surface area contributed by atoms with Crippen LogP contribution in [0.4, 0.5) is 5.69 Å². The summed E-state index contributed by atoms with van der Waals surface area (Å²) in [6, 6.07) is 16.3. The third kappa shape index (κ3) is 8.15. The predicted octanol–water partition coefficient (Wildman–Crippen LogP) is 6.72. The van der Waals surface area contributed by atoms with Gasteiger partial charge in [0.05, 0.1) is 27.7 Å². The molecule has 1 atom stereocenters. The van der Waals surface area contributed by atoms with Gasteiger partial charge in [-0.2, -0.15) is 0 Å². The molecular weight excluding hydrogens is 633 g/mol. The summed E-state index contributed by atoms with van der Waals surface area (Å²) in [5.74, 6) is -0.372. The van der Waals surface area contributed by atoms with Crippen molar-refractivity contribution in [3.05, 3.63) is 87.4 Å². The molecule has 0 spiro atoms. The summed E-state index contributed by atoms with van der Waals surface area (Å²) in [5.41, 5.74) is 0.844. The quantitative estimate of drug-likeness (QED) is 0.232. The van der Waals surface area contributed by atoms with Gasteiger partial charge >= 0.3 is 0 Å². The van der Waals surface area contributed by atoms with E-state index in [0.29, 0.717) is 32.8 Å². The maximum absolute atomic E-state index is 14.2. The molecule has 1 aliphatic rings. The summed E-state index contributed by atoms with van der Waals surface area (Å²) >= 11 is 18.6. The Morgan fingerprint density at radius 2 is 1.67 bits per heavy atom. The van der Waals surface area contributed by atoms with E-state index in [0.717, 1.165) is 30.0 Å². The summed E-state index contributed by atoms with van der Waals surface area (Å²) in [6.07, 6.45) is 4.14. The molecule has 1 saturated carbocycles. The van der Waals surface area contributed by atoms with Crippen LogP contribution in [0.1, 0.15) is 44.6 Å². The van der Waals surface area contributed by atoms with Crippen molar-refractivity contribution in [1.29, 1.82) is 0 Å². The summed E-state index contributed by atoms with van der Waals surface area (Å²) in [7, 11) is -2.77. The molecule has 0 saturated heterocycles. The predicted molar refractivity (Wildman–Crippen MR) is 170 cm³/mol. The first-order valence-corrected chi connectivity index (χ1v) is 16.6. The summed E-state index contributed by atoms with van der Waals surface area (Å²) in [6.45, 7) is 1.25. The minimum atomic E-state index is -4.25. The van der Waals surface area contributed by atoms with Crippen molar-refractivity contribution in [2.24, 2.45) is 0 Å². The van der Waals surface area contributed by atoms with E-state index in [1.807, 2.05) is 6.92 Å². The number of rotatable bonds is 12. The maximum Gasteiger partial charge on any atom is 0.264 e. The standard InChI is InChI=1S/C31H34Cl3N3O5S/c1-3-29(31(39)35-23-8-4-5-9-23)36(19-21-11-16-27(33)28(34)17-21)30(38)20-37(24-10-6-7-22(32)18-24)43(40,41)26-14-12-25(42-2)13-15-26/h6-7,10-18,23,29H,3-5,8-9,19-20H2,1-2H3,(H,35,39)/t29-/m1/s1. The molecule has 8 nitrogen and oxygen atoms in total. The molecule has 0 aromatic heterocycles. The second kappa shape index (κ2) is 14.7. The number of anilines is 1. The highest BCUT2D eigenvalue weighted by molar-refractivity contribution is 7.92. The Kier molecular flexibility index (Phi) is 11.2. The summed E-state index contributed by atoms with van der Waals surface area (Å²) < 4.78 is 34.2. The van der Waals surface area contributed by atoms with Crippen molar-refractivity contribution in [1.82, 2.24) is 10.2 Å². The van der Waals surface area contributed by atoms with Crippen molar-refractivity contribution in [2.75, 3.05) is 18.0 Å². The monoisotopic (exact) mass is 665 g/mol. The molecule has 0 heterocycles. The molecule has 0 radical (unpaired) electrons. The van der Waals surface area contributed by atoms with Gasteiger partial charge in [0.2, 0.25) is 11.8 Å². The first-order valence-electron chi connectivity index (χ1n) is 14.0. The highest BCUT2D eigenvalue weighted by Crippen LogP contribution is 2.29. The molecule has 0 unspecified atom stereocenters. The van der Waals surface area contributed by atoms with Gasteiger partial charge in [0, 0.05) is 17.6 Å². The van der Waals surface area contributed by atoms with Crippen molar-refractivity contribution in [3.8, 4) is 5.75 Å². The van der Waals surface area contributed by atoms with Crippen LogP contribution in [0.5, 0.6) is 5.75 Å². The van der Waals surface area contributed by atoms with E-state index in [-0.39, 0.29) is 29.1 Å². The van der Waals surface area contributed by atoms with E-state index in [1.54, 1.807) is 36.4 Å². The lowest BCUT2D eigenvalue weighted by Crippen LogP contribution is -2.53. The van der Waals surface area contributed by atoms with Crippen LogP contribution in [0.3, 0.4) is 0 Å². The minimum absolute atomic E-state index is 0.0122. The molecule has 0 bridgehead atoms. The summed E-state index contributed by atoms with van der Waals surface area (Å²) in [5, 5.41) is 4.05. The van der Waals surface area contributed by atoms with Gasteiger partial charge in [-0.3, -0.25) is 13.9 Å². The Morgan fingerprint density at radius 1 is 0.977 bits per heavy atom. The van der Waals surface area contributed by atoms with E-state index in [4.69, 9.17) is 39.5 Å². The average Bonchev–Trinajstić information content (AvgIpc) is 3.50. The fourth-order valence-corrected chi connectivity index (χ4v) is 7.07. The molecule has 3 aromatic carbocycles. The summed E-state index contributed by atoms with van der Waals surface area (Å²) in [4.78, 5) is 29.1. The zero-order chi connectivity index (χ0) is 31.1. The van der Waals surface area contributed by atoms with Crippen LogP contribution < -0.4 is 14.4 Å². The van der Waals surface area contributed by atoms with Crippen LogP contribution in [-0.4, -0.2) is 50.9 Å². The third-order valence-electron chi connectivity index (χ3n) is 7.45. The van der Waals surface area contributed by atoms with Gasteiger partial charge in [-0.1, -0.05) is 66.7 Å². The largest absolute Gasteiger partial charge is 0.497 e. The number of nitrogens with zero attached hydrogens (tertiary/aromatic N) is 2. The molecule has 4 rings (SSSR count). The number of nitrogens with one attached hydrogen (secondary N) is 1. The number of amides is 2. The van der Waals surface area contributed by atoms with Crippen LogP contribution in [0.2, 0.25) is 15.1 Å². The number of ether oxygens (including phenoxy) is 1.